The van der Waals surface area contributed by atoms with Crippen LogP contribution in [-0.4, -0.2) is 35.0 Å². The number of aliphatic hydroxyl groups is 1. The molecule has 162 valence electrons. The lowest BCUT2D eigenvalue weighted by Gasteiger charge is -2.24. The standard InChI is InChI=1S/C24H19NO6S/c1-31-18-5-3-2-4-17(18)22(28)20-21(15-10-11-32-13-15)25(24(30)23(20)29)16-8-6-14(7-9-16)12-19(26)27/h2-11,13,21,28H,12H2,1H3,(H,26,27)/b22-20+. The average molecular weight is 449 g/mol. The molecule has 1 saturated heterocycles. The van der Waals surface area contributed by atoms with Crippen molar-refractivity contribution in [1.82, 2.24) is 0 Å². The van der Waals surface area contributed by atoms with Crippen LogP contribution in [0.5, 0.6) is 5.75 Å². The van der Waals surface area contributed by atoms with Crippen molar-refractivity contribution in [3.05, 3.63) is 87.6 Å². The zero-order chi connectivity index (χ0) is 22.8. The lowest BCUT2D eigenvalue weighted by molar-refractivity contribution is -0.136. The van der Waals surface area contributed by atoms with E-state index in [1.807, 2.05) is 10.8 Å². The number of carbonyl (C=O) groups excluding carboxylic acids is 2. The van der Waals surface area contributed by atoms with Crippen LogP contribution in [0.25, 0.3) is 5.76 Å². The number of thiophene rings is 1. The smallest absolute Gasteiger partial charge is 0.307 e. The van der Waals surface area contributed by atoms with Gasteiger partial charge in [0.15, 0.2) is 0 Å². The molecule has 4 rings (SSSR count). The molecule has 1 aliphatic heterocycles. The highest BCUT2D eigenvalue weighted by Gasteiger charge is 2.47. The molecule has 1 aliphatic rings. The molecular formula is C24H19NO6S. The number of methoxy groups -OCH3 is 1. The van der Waals surface area contributed by atoms with E-state index in [1.54, 1.807) is 54.6 Å². The molecule has 0 spiro atoms. The summed E-state index contributed by atoms with van der Waals surface area (Å²) >= 11 is 1.41. The normalized spacial score (nSPS) is 17.5. The second-order valence-electron chi connectivity index (χ2n) is 7.16. The van der Waals surface area contributed by atoms with E-state index in [0.717, 1.165) is 0 Å². The van der Waals surface area contributed by atoms with E-state index in [9.17, 15) is 19.5 Å². The van der Waals surface area contributed by atoms with Crippen molar-refractivity contribution in [1.29, 1.82) is 0 Å². The van der Waals surface area contributed by atoms with Gasteiger partial charge in [-0.3, -0.25) is 19.3 Å². The van der Waals surface area contributed by atoms with Crippen LogP contribution < -0.4 is 9.64 Å². The topological polar surface area (TPSA) is 104 Å². The first-order chi connectivity index (χ1) is 15.4. The first kappa shape index (κ1) is 21.3. The molecule has 0 saturated carbocycles. The zero-order valence-electron chi connectivity index (χ0n) is 17.0. The Kier molecular flexibility index (Phi) is 5.79. The summed E-state index contributed by atoms with van der Waals surface area (Å²) < 4.78 is 5.32. The second kappa shape index (κ2) is 8.68. The number of nitrogens with zero attached hydrogens (tertiary/aromatic N) is 1. The molecule has 0 radical (unpaired) electrons. The lowest BCUT2D eigenvalue weighted by atomic mass is 9.96. The quantitative estimate of drug-likeness (QED) is 0.335. The number of carbonyl (C=O) groups is 3. The number of carboxylic acids is 1. The number of aliphatic carboxylic acids is 1. The van der Waals surface area contributed by atoms with Crippen molar-refractivity contribution in [2.75, 3.05) is 12.0 Å². The third-order valence-electron chi connectivity index (χ3n) is 5.24. The Morgan fingerprint density at radius 3 is 2.41 bits per heavy atom. The monoisotopic (exact) mass is 449 g/mol. The number of amides is 1. The number of aliphatic hydroxyl groups excluding tert-OH is 1. The number of rotatable bonds is 6. The summed E-state index contributed by atoms with van der Waals surface area (Å²) in [5.41, 5.74) is 1.95. The van der Waals surface area contributed by atoms with E-state index in [-0.39, 0.29) is 17.8 Å². The maximum atomic E-state index is 13.1. The fourth-order valence-electron chi connectivity index (χ4n) is 3.78. The van der Waals surface area contributed by atoms with Crippen LogP contribution in [0.3, 0.4) is 0 Å². The van der Waals surface area contributed by atoms with Crippen molar-refractivity contribution in [3.63, 3.8) is 0 Å². The molecule has 32 heavy (non-hydrogen) atoms. The lowest BCUT2D eigenvalue weighted by Crippen LogP contribution is -2.29. The van der Waals surface area contributed by atoms with Gasteiger partial charge in [-0.1, -0.05) is 24.3 Å². The second-order valence-corrected chi connectivity index (χ2v) is 7.94. The molecule has 1 atom stereocenters. The van der Waals surface area contributed by atoms with Gasteiger partial charge in [-0.05, 0) is 52.2 Å². The van der Waals surface area contributed by atoms with Crippen LogP contribution in [0.4, 0.5) is 5.69 Å². The highest BCUT2D eigenvalue weighted by Crippen LogP contribution is 2.43. The number of carboxylic acid groups (broad SMARTS) is 1. The van der Waals surface area contributed by atoms with Crippen molar-refractivity contribution < 1.29 is 29.3 Å². The van der Waals surface area contributed by atoms with E-state index >= 15 is 0 Å². The van der Waals surface area contributed by atoms with Gasteiger partial charge in [0.2, 0.25) is 0 Å². The molecule has 8 heteroatoms. The molecule has 2 aromatic carbocycles. The highest BCUT2D eigenvalue weighted by molar-refractivity contribution is 7.08. The van der Waals surface area contributed by atoms with Crippen molar-refractivity contribution >= 4 is 40.4 Å². The number of hydrogen-bond acceptors (Lipinski definition) is 6. The molecule has 1 unspecified atom stereocenters. The van der Waals surface area contributed by atoms with Crippen LogP contribution in [0.1, 0.15) is 22.7 Å². The van der Waals surface area contributed by atoms with E-state index in [1.165, 1.54) is 23.3 Å². The van der Waals surface area contributed by atoms with E-state index in [2.05, 4.69) is 0 Å². The number of Topliss-reactive ketones (excluding diaryl/α,β-unsaturated/α-hetero) is 1. The molecule has 0 bridgehead atoms. The van der Waals surface area contributed by atoms with Gasteiger partial charge in [0.05, 0.1) is 30.7 Å². The van der Waals surface area contributed by atoms with Crippen LogP contribution in [-0.2, 0) is 20.8 Å². The fraction of sp³-hybridized carbons (Fsp3) is 0.125. The summed E-state index contributed by atoms with van der Waals surface area (Å²) in [6.07, 6.45) is -0.152. The third kappa shape index (κ3) is 3.76. The van der Waals surface area contributed by atoms with Crippen LogP contribution in [0.15, 0.2) is 70.9 Å². The predicted octanol–water partition coefficient (Wildman–Crippen LogP) is 4.01. The Labute approximate surface area is 187 Å². The molecule has 7 nitrogen and oxygen atoms in total. The van der Waals surface area contributed by atoms with Gasteiger partial charge in [0.25, 0.3) is 11.7 Å². The van der Waals surface area contributed by atoms with Gasteiger partial charge < -0.3 is 14.9 Å². The molecular weight excluding hydrogens is 430 g/mol. The van der Waals surface area contributed by atoms with Gasteiger partial charge in [-0.25, -0.2) is 0 Å². The number of para-hydroxylation sites is 1. The van der Waals surface area contributed by atoms with E-state index < -0.39 is 23.7 Å². The van der Waals surface area contributed by atoms with E-state index in [0.29, 0.717) is 28.1 Å². The van der Waals surface area contributed by atoms with Crippen molar-refractivity contribution in [2.24, 2.45) is 0 Å². The minimum Gasteiger partial charge on any atom is -0.507 e. The van der Waals surface area contributed by atoms with Crippen molar-refractivity contribution in [3.8, 4) is 5.75 Å². The largest absolute Gasteiger partial charge is 0.507 e. The molecule has 1 amide bonds. The average Bonchev–Trinajstić information content (AvgIpc) is 3.41. The number of anilines is 1. The van der Waals surface area contributed by atoms with Gasteiger partial charge in [0.1, 0.15) is 11.5 Å². The summed E-state index contributed by atoms with van der Waals surface area (Å²) in [6.45, 7) is 0. The molecule has 0 aliphatic carbocycles. The Bertz CT molecular complexity index is 1210. The van der Waals surface area contributed by atoms with Crippen LogP contribution >= 0.6 is 11.3 Å². The number of ketones is 1. The first-order valence-corrected chi connectivity index (χ1v) is 10.6. The molecule has 1 aromatic heterocycles. The molecule has 3 aromatic rings. The van der Waals surface area contributed by atoms with Gasteiger partial charge in [-0.2, -0.15) is 11.3 Å². The Morgan fingerprint density at radius 2 is 1.78 bits per heavy atom. The number of hydrogen-bond donors (Lipinski definition) is 2. The van der Waals surface area contributed by atoms with Gasteiger partial charge in [0, 0.05) is 5.69 Å². The summed E-state index contributed by atoms with van der Waals surface area (Å²) in [5.74, 6) is -2.49. The Balaban J connectivity index is 1.86. The van der Waals surface area contributed by atoms with E-state index in [4.69, 9.17) is 9.84 Å². The first-order valence-electron chi connectivity index (χ1n) is 9.69. The number of benzene rings is 2. The summed E-state index contributed by atoms with van der Waals surface area (Å²) in [4.78, 5) is 38.5. The predicted molar refractivity (Wildman–Crippen MR) is 120 cm³/mol. The molecule has 2 heterocycles. The number of ether oxygens (including phenoxy) is 1. The zero-order valence-corrected chi connectivity index (χ0v) is 17.8. The Morgan fingerprint density at radius 1 is 1.06 bits per heavy atom. The minimum absolute atomic E-state index is 0.0347. The summed E-state index contributed by atoms with van der Waals surface area (Å²) in [6, 6.07) is 14.1. The minimum atomic E-state index is -0.965. The van der Waals surface area contributed by atoms with Gasteiger partial charge in [-0.15, -0.1) is 0 Å². The Hall–Kier alpha value is -3.91. The van der Waals surface area contributed by atoms with Crippen LogP contribution in [0, 0.1) is 0 Å². The molecule has 2 N–H and O–H groups in total. The van der Waals surface area contributed by atoms with Crippen molar-refractivity contribution in [2.45, 2.75) is 12.5 Å². The fourth-order valence-corrected chi connectivity index (χ4v) is 4.46. The molecule has 1 fully saturated rings. The highest BCUT2D eigenvalue weighted by atomic mass is 32.1. The summed E-state index contributed by atoms with van der Waals surface area (Å²) in [5, 5.41) is 23.8. The maximum Gasteiger partial charge on any atom is 0.307 e. The van der Waals surface area contributed by atoms with Gasteiger partial charge >= 0.3 is 5.97 Å². The SMILES string of the molecule is COc1ccccc1/C(O)=C1\C(=O)C(=O)N(c2ccc(CC(=O)O)cc2)C1c1ccsc1. The summed E-state index contributed by atoms with van der Waals surface area (Å²) in [7, 11) is 1.46. The van der Waals surface area contributed by atoms with Crippen LogP contribution in [0.2, 0.25) is 0 Å². The maximum absolute atomic E-state index is 13.1. The third-order valence-corrected chi connectivity index (χ3v) is 5.94.